The lowest BCUT2D eigenvalue weighted by Crippen LogP contribution is -2.24. The first kappa shape index (κ1) is 18.3. The molecule has 0 saturated carbocycles. The van der Waals surface area contributed by atoms with E-state index >= 15 is 0 Å². The normalized spacial score (nSPS) is 17.1. The average Bonchev–Trinajstić information content (AvgIpc) is 3.27. The van der Waals surface area contributed by atoms with Gasteiger partial charge in [-0.1, -0.05) is 28.0 Å². The maximum Gasteiger partial charge on any atom is 0.231 e. The highest BCUT2D eigenvalue weighted by molar-refractivity contribution is 8.77. The van der Waals surface area contributed by atoms with Crippen molar-refractivity contribution in [3.63, 3.8) is 0 Å². The molecule has 0 bridgehead atoms. The summed E-state index contributed by atoms with van der Waals surface area (Å²) < 4.78 is 7.00. The Morgan fingerprint density at radius 3 is 3.12 bits per heavy atom. The molecule has 2 aromatic heterocycles. The van der Waals surface area contributed by atoms with Crippen molar-refractivity contribution in [3.8, 4) is 5.88 Å². The number of aromatic nitrogens is 4. The van der Waals surface area contributed by atoms with Crippen LogP contribution in [-0.2, 0) is 11.3 Å². The predicted molar refractivity (Wildman–Crippen MR) is 101 cm³/mol. The minimum atomic E-state index is 0.0474. The predicted octanol–water partition coefficient (Wildman–Crippen LogP) is 2.85. The van der Waals surface area contributed by atoms with E-state index in [1.54, 1.807) is 16.6 Å². The van der Waals surface area contributed by atoms with Crippen molar-refractivity contribution in [2.75, 3.05) is 12.4 Å². The van der Waals surface area contributed by atoms with Crippen LogP contribution in [0.4, 0.5) is 0 Å². The Morgan fingerprint density at radius 2 is 2.32 bits per heavy atom. The second-order valence-corrected chi connectivity index (χ2v) is 8.63. The number of unbranched alkanes of at least 4 members (excludes halogenated alkanes) is 1. The molecule has 1 fully saturated rings. The van der Waals surface area contributed by atoms with Crippen LogP contribution in [0.1, 0.15) is 44.9 Å². The van der Waals surface area contributed by atoms with Gasteiger partial charge in [0.05, 0.1) is 13.2 Å². The summed E-state index contributed by atoms with van der Waals surface area (Å²) in [7, 11) is 3.96. The van der Waals surface area contributed by atoms with Crippen molar-refractivity contribution in [1.82, 2.24) is 25.1 Å². The molecule has 1 N–H and O–H groups in total. The fourth-order valence-electron chi connectivity index (χ4n) is 2.64. The minimum Gasteiger partial charge on any atom is -0.477 e. The van der Waals surface area contributed by atoms with Crippen molar-refractivity contribution >= 4 is 33.1 Å². The molecule has 1 aliphatic heterocycles. The van der Waals surface area contributed by atoms with E-state index in [9.17, 15) is 4.79 Å². The second-order valence-electron chi connectivity index (χ2n) is 5.84. The number of nitrogens with one attached hydrogen (secondary N) is 1. The smallest absolute Gasteiger partial charge is 0.231 e. The summed E-state index contributed by atoms with van der Waals surface area (Å²) in [6, 6.07) is 3.56. The molecule has 136 valence electrons. The third kappa shape index (κ3) is 5.24. The van der Waals surface area contributed by atoms with Crippen LogP contribution in [0.25, 0.3) is 5.65 Å². The van der Waals surface area contributed by atoms with E-state index in [4.69, 9.17) is 4.74 Å². The van der Waals surface area contributed by atoms with Gasteiger partial charge in [0.2, 0.25) is 11.8 Å². The van der Waals surface area contributed by atoms with Crippen molar-refractivity contribution in [1.29, 1.82) is 0 Å². The summed E-state index contributed by atoms with van der Waals surface area (Å²) in [4.78, 5) is 12.0. The van der Waals surface area contributed by atoms with E-state index in [0.717, 1.165) is 18.1 Å². The molecule has 2 aromatic rings. The minimum absolute atomic E-state index is 0.0474. The monoisotopic (exact) mass is 381 g/mol. The number of carbonyl (C=O) groups is 1. The molecular weight excluding hydrogens is 358 g/mol. The van der Waals surface area contributed by atoms with Gasteiger partial charge in [-0.3, -0.25) is 4.79 Å². The molecule has 1 atom stereocenters. The number of nitrogens with zero attached hydrogens (tertiary/aromatic N) is 4. The van der Waals surface area contributed by atoms with Crippen LogP contribution in [0.15, 0.2) is 12.1 Å². The van der Waals surface area contributed by atoms with Gasteiger partial charge in [0.25, 0.3) is 0 Å². The number of hydrogen-bond acceptors (Lipinski definition) is 7. The number of amides is 1. The Kier molecular flexibility index (Phi) is 6.80. The first-order chi connectivity index (χ1) is 12.3. The Morgan fingerprint density at radius 1 is 1.40 bits per heavy atom. The van der Waals surface area contributed by atoms with Gasteiger partial charge in [-0.25, -0.2) is 0 Å². The van der Waals surface area contributed by atoms with Gasteiger partial charge >= 0.3 is 0 Å². The Bertz CT molecular complexity index is 703. The lowest BCUT2D eigenvalue weighted by atomic mass is 10.1. The Balaban J connectivity index is 1.43. The largest absolute Gasteiger partial charge is 0.477 e. The number of carbonyl (C=O) groups excluding carboxylic acids is 1. The molecule has 25 heavy (non-hydrogen) atoms. The summed E-state index contributed by atoms with van der Waals surface area (Å²) in [6.07, 6.45) is 5.11. The van der Waals surface area contributed by atoms with Crippen LogP contribution < -0.4 is 10.1 Å². The molecule has 3 rings (SSSR count). The van der Waals surface area contributed by atoms with Crippen molar-refractivity contribution in [2.45, 2.75) is 50.8 Å². The van der Waals surface area contributed by atoms with Gasteiger partial charge in [-0.2, -0.15) is 4.52 Å². The van der Waals surface area contributed by atoms with Crippen LogP contribution in [0.2, 0.25) is 0 Å². The molecule has 0 radical (unpaired) electrons. The quantitative estimate of drug-likeness (QED) is 0.528. The lowest BCUT2D eigenvalue weighted by molar-refractivity contribution is -0.121. The molecular formula is C16H23N5O2S2. The molecule has 7 nitrogen and oxygen atoms in total. The number of ether oxygens (including phenoxy) is 1. The molecule has 1 aliphatic rings. The Hall–Kier alpha value is -1.48. The molecule has 0 aliphatic carbocycles. The summed E-state index contributed by atoms with van der Waals surface area (Å²) in [5.74, 6) is 2.43. The number of rotatable bonds is 9. The van der Waals surface area contributed by atoms with E-state index in [0.29, 0.717) is 36.9 Å². The highest BCUT2D eigenvalue weighted by atomic mass is 33.1. The van der Waals surface area contributed by atoms with Crippen LogP contribution in [0.5, 0.6) is 5.88 Å². The molecule has 9 heteroatoms. The van der Waals surface area contributed by atoms with Gasteiger partial charge in [0.1, 0.15) is 0 Å². The highest BCUT2D eigenvalue weighted by Crippen LogP contribution is 2.39. The zero-order valence-electron chi connectivity index (χ0n) is 14.3. The molecule has 0 spiro atoms. The fraction of sp³-hybridized carbons (Fsp3) is 0.625. The average molecular weight is 382 g/mol. The van der Waals surface area contributed by atoms with Crippen molar-refractivity contribution in [2.24, 2.45) is 0 Å². The van der Waals surface area contributed by atoms with Crippen LogP contribution in [0, 0.1) is 0 Å². The lowest BCUT2D eigenvalue weighted by Gasteiger charge is -2.07. The van der Waals surface area contributed by atoms with E-state index < -0.39 is 0 Å². The molecule has 3 heterocycles. The molecule has 0 unspecified atom stereocenters. The van der Waals surface area contributed by atoms with Gasteiger partial charge in [0.15, 0.2) is 11.5 Å². The number of fused-ring (bicyclic) bond motifs is 1. The van der Waals surface area contributed by atoms with Gasteiger partial charge in [0, 0.05) is 23.5 Å². The molecule has 1 amide bonds. The SMILES string of the molecule is CCOc1ccc2nnc(CNC(=O)CCCC[C@@H]3CCSS3)n2n1. The summed E-state index contributed by atoms with van der Waals surface area (Å²) >= 11 is 0. The van der Waals surface area contributed by atoms with Crippen LogP contribution in [0.3, 0.4) is 0 Å². The topological polar surface area (TPSA) is 81.4 Å². The summed E-state index contributed by atoms with van der Waals surface area (Å²) in [6.45, 7) is 2.77. The zero-order valence-corrected chi connectivity index (χ0v) is 15.9. The summed E-state index contributed by atoms with van der Waals surface area (Å²) in [5.41, 5.74) is 0.639. The molecule has 0 aromatic carbocycles. The van der Waals surface area contributed by atoms with Gasteiger partial charge in [-0.05, 0) is 32.3 Å². The molecule has 1 saturated heterocycles. The maximum atomic E-state index is 12.0. The summed E-state index contributed by atoms with van der Waals surface area (Å²) in [5, 5.41) is 16.2. The fourth-order valence-corrected chi connectivity index (χ4v) is 5.67. The van der Waals surface area contributed by atoms with E-state index in [-0.39, 0.29) is 5.91 Å². The first-order valence-corrected chi connectivity index (χ1v) is 11.0. The first-order valence-electron chi connectivity index (χ1n) is 8.65. The van der Waals surface area contributed by atoms with Crippen LogP contribution in [-0.4, -0.2) is 43.3 Å². The maximum absolute atomic E-state index is 12.0. The third-order valence-corrected chi connectivity index (χ3v) is 6.95. The van der Waals surface area contributed by atoms with E-state index in [1.807, 2.05) is 28.5 Å². The van der Waals surface area contributed by atoms with Crippen molar-refractivity contribution in [3.05, 3.63) is 18.0 Å². The Labute approximate surface area is 155 Å². The standard InChI is InChI=1S/C16H23N5O2S2/c1-2-23-16-8-7-13-18-19-14(21(13)20-16)11-17-15(22)6-4-3-5-12-9-10-24-25-12/h7-8,12H,2-6,9-11H2,1H3,(H,17,22)/t12-/m1/s1. The van der Waals surface area contributed by atoms with E-state index in [2.05, 4.69) is 20.6 Å². The third-order valence-electron chi connectivity index (χ3n) is 3.95. The zero-order chi connectivity index (χ0) is 17.5. The highest BCUT2D eigenvalue weighted by Gasteiger charge is 2.16. The van der Waals surface area contributed by atoms with Gasteiger partial charge < -0.3 is 10.1 Å². The van der Waals surface area contributed by atoms with Crippen LogP contribution >= 0.6 is 21.6 Å². The van der Waals surface area contributed by atoms with Gasteiger partial charge in [-0.15, -0.1) is 15.3 Å². The van der Waals surface area contributed by atoms with E-state index in [1.165, 1.54) is 18.6 Å². The van der Waals surface area contributed by atoms with Crippen molar-refractivity contribution < 1.29 is 9.53 Å². The number of hydrogen-bond donors (Lipinski definition) is 1. The second kappa shape index (κ2) is 9.28.